The molecular formula is C20H12FNO2. The summed E-state index contributed by atoms with van der Waals surface area (Å²) in [7, 11) is 0. The molecule has 1 aromatic heterocycles. The van der Waals surface area contributed by atoms with E-state index >= 15 is 0 Å². The lowest BCUT2D eigenvalue weighted by Crippen LogP contribution is -1.88. The Labute approximate surface area is 137 Å². The molecule has 4 aromatic rings. The highest BCUT2D eigenvalue weighted by molar-refractivity contribution is 6.11. The van der Waals surface area contributed by atoms with Crippen molar-refractivity contribution in [1.29, 1.82) is 5.26 Å². The number of benzene rings is 3. The monoisotopic (exact) mass is 317 g/mol. The van der Waals surface area contributed by atoms with Gasteiger partial charge in [0.2, 0.25) is 0 Å². The van der Waals surface area contributed by atoms with E-state index in [1.807, 2.05) is 31.2 Å². The van der Waals surface area contributed by atoms with Crippen LogP contribution in [0.25, 0.3) is 33.1 Å². The van der Waals surface area contributed by atoms with Gasteiger partial charge in [-0.05, 0) is 42.3 Å². The number of hydrogen-bond donors (Lipinski definition) is 1. The number of halogens is 1. The van der Waals surface area contributed by atoms with Crippen molar-refractivity contribution in [2.75, 3.05) is 0 Å². The van der Waals surface area contributed by atoms with E-state index in [9.17, 15) is 9.50 Å². The van der Waals surface area contributed by atoms with Gasteiger partial charge in [-0.3, -0.25) is 0 Å². The second kappa shape index (κ2) is 5.10. The zero-order valence-corrected chi connectivity index (χ0v) is 12.8. The molecule has 0 spiro atoms. The molecular weight excluding hydrogens is 305 g/mol. The van der Waals surface area contributed by atoms with Crippen molar-refractivity contribution in [1.82, 2.24) is 0 Å². The van der Waals surface area contributed by atoms with Gasteiger partial charge in [-0.15, -0.1) is 0 Å². The topological polar surface area (TPSA) is 57.2 Å². The molecule has 4 heteroatoms. The molecule has 0 unspecified atom stereocenters. The lowest BCUT2D eigenvalue weighted by molar-refractivity contribution is 0.434. The van der Waals surface area contributed by atoms with Crippen LogP contribution in [0.2, 0.25) is 0 Å². The maximum atomic E-state index is 14.4. The summed E-state index contributed by atoms with van der Waals surface area (Å²) in [4.78, 5) is 0. The number of phenols is 1. The summed E-state index contributed by atoms with van der Waals surface area (Å²) in [5, 5.41) is 20.6. The third-order valence-electron chi connectivity index (χ3n) is 4.23. The third-order valence-corrected chi connectivity index (χ3v) is 4.23. The largest absolute Gasteiger partial charge is 0.504 e. The van der Waals surface area contributed by atoms with Gasteiger partial charge < -0.3 is 9.52 Å². The van der Waals surface area contributed by atoms with Gasteiger partial charge in [-0.25, -0.2) is 4.39 Å². The van der Waals surface area contributed by atoms with Crippen LogP contribution in [0.4, 0.5) is 4.39 Å². The molecule has 1 heterocycles. The van der Waals surface area contributed by atoms with Crippen molar-refractivity contribution in [3.8, 4) is 22.9 Å². The Kier molecular flexibility index (Phi) is 3.04. The van der Waals surface area contributed by atoms with Crippen LogP contribution < -0.4 is 0 Å². The molecule has 0 atom stereocenters. The quantitative estimate of drug-likeness (QED) is 0.520. The summed E-state index contributed by atoms with van der Waals surface area (Å²) in [6.07, 6.45) is 0. The molecule has 4 rings (SSSR count). The summed E-state index contributed by atoms with van der Waals surface area (Å²) < 4.78 is 20.2. The third kappa shape index (κ3) is 1.95. The number of nitriles is 1. The van der Waals surface area contributed by atoms with E-state index in [0.29, 0.717) is 38.6 Å². The minimum absolute atomic E-state index is 0.331. The van der Waals surface area contributed by atoms with E-state index in [4.69, 9.17) is 9.68 Å². The minimum atomic E-state index is -0.717. The van der Waals surface area contributed by atoms with E-state index in [-0.39, 0.29) is 0 Å². The summed E-state index contributed by atoms with van der Waals surface area (Å²) in [5.74, 6) is -1.15. The van der Waals surface area contributed by atoms with Crippen LogP contribution >= 0.6 is 0 Å². The average Bonchev–Trinajstić information content (AvgIpc) is 2.94. The second-order valence-corrected chi connectivity index (χ2v) is 5.70. The first-order valence-corrected chi connectivity index (χ1v) is 7.44. The Hall–Kier alpha value is -3.32. The Morgan fingerprint density at radius 2 is 1.88 bits per heavy atom. The minimum Gasteiger partial charge on any atom is -0.504 e. The number of aromatic hydroxyl groups is 1. The van der Waals surface area contributed by atoms with Gasteiger partial charge in [0.15, 0.2) is 11.6 Å². The first kappa shape index (κ1) is 14.3. The highest BCUT2D eigenvalue weighted by atomic mass is 19.1. The van der Waals surface area contributed by atoms with Gasteiger partial charge in [0.25, 0.3) is 0 Å². The smallest absolute Gasteiger partial charge is 0.166 e. The predicted octanol–water partition coefficient (Wildman–Crippen LogP) is 5.28. The Morgan fingerprint density at radius 1 is 1.08 bits per heavy atom. The molecule has 0 bridgehead atoms. The number of phenolic OH excluding ortho intramolecular Hbond substituents is 1. The van der Waals surface area contributed by atoms with Gasteiger partial charge >= 0.3 is 0 Å². The van der Waals surface area contributed by atoms with Crippen LogP contribution in [0, 0.1) is 24.1 Å². The highest BCUT2D eigenvalue weighted by Crippen LogP contribution is 2.43. The van der Waals surface area contributed by atoms with Crippen LogP contribution in [0.3, 0.4) is 0 Å². The molecule has 0 radical (unpaired) electrons. The molecule has 0 fully saturated rings. The molecule has 1 N–H and O–H groups in total. The van der Waals surface area contributed by atoms with Crippen LogP contribution in [0.1, 0.15) is 11.1 Å². The molecule has 0 saturated carbocycles. The number of rotatable bonds is 1. The van der Waals surface area contributed by atoms with Gasteiger partial charge in [-0.1, -0.05) is 24.3 Å². The number of fused-ring (bicyclic) bond motifs is 3. The summed E-state index contributed by atoms with van der Waals surface area (Å²) in [6, 6.07) is 15.7. The zero-order chi connectivity index (χ0) is 16.8. The second-order valence-electron chi connectivity index (χ2n) is 5.70. The first-order valence-electron chi connectivity index (χ1n) is 7.44. The maximum Gasteiger partial charge on any atom is 0.166 e. The van der Waals surface area contributed by atoms with Crippen molar-refractivity contribution in [3.63, 3.8) is 0 Å². The normalized spacial score (nSPS) is 11.0. The molecule has 3 nitrogen and oxygen atoms in total. The van der Waals surface area contributed by atoms with E-state index < -0.39 is 11.6 Å². The SMILES string of the molecule is Cc1ccccc1-c1c(O)c(F)cc2c1oc1ccc(C#N)cc12. The molecule has 3 aromatic carbocycles. The fraction of sp³-hybridized carbons (Fsp3) is 0.0500. The van der Waals surface area contributed by atoms with Gasteiger partial charge in [0, 0.05) is 10.8 Å². The molecule has 0 amide bonds. The number of furan rings is 1. The fourth-order valence-electron chi connectivity index (χ4n) is 3.04. The standard InChI is InChI=1S/C20H12FNO2/c1-11-4-2-3-5-13(11)18-19(23)16(21)9-15-14-8-12(10-22)6-7-17(14)24-20(15)18/h2-9,23H,1H3. The van der Waals surface area contributed by atoms with Crippen LogP contribution in [0.15, 0.2) is 52.9 Å². The van der Waals surface area contributed by atoms with E-state index in [1.165, 1.54) is 6.07 Å². The highest BCUT2D eigenvalue weighted by Gasteiger charge is 2.21. The summed E-state index contributed by atoms with van der Waals surface area (Å²) >= 11 is 0. The maximum absolute atomic E-state index is 14.4. The fourth-order valence-corrected chi connectivity index (χ4v) is 3.04. The zero-order valence-electron chi connectivity index (χ0n) is 12.8. The molecule has 24 heavy (non-hydrogen) atoms. The van der Waals surface area contributed by atoms with E-state index in [0.717, 1.165) is 5.56 Å². The Morgan fingerprint density at radius 3 is 2.62 bits per heavy atom. The average molecular weight is 317 g/mol. The van der Waals surface area contributed by atoms with Crippen LogP contribution in [-0.4, -0.2) is 5.11 Å². The lowest BCUT2D eigenvalue weighted by atomic mass is 9.97. The lowest BCUT2D eigenvalue weighted by Gasteiger charge is -2.09. The van der Waals surface area contributed by atoms with Crippen molar-refractivity contribution in [2.24, 2.45) is 0 Å². The molecule has 116 valence electrons. The summed E-state index contributed by atoms with van der Waals surface area (Å²) in [6.45, 7) is 1.89. The van der Waals surface area contributed by atoms with Crippen molar-refractivity contribution < 1.29 is 13.9 Å². The van der Waals surface area contributed by atoms with Gasteiger partial charge in [0.1, 0.15) is 11.2 Å². The van der Waals surface area contributed by atoms with Crippen molar-refractivity contribution in [3.05, 3.63) is 65.5 Å². The Balaban J connectivity index is 2.19. The molecule has 0 saturated heterocycles. The van der Waals surface area contributed by atoms with Gasteiger partial charge in [0.05, 0.1) is 17.2 Å². The van der Waals surface area contributed by atoms with Crippen molar-refractivity contribution in [2.45, 2.75) is 6.92 Å². The summed E-state index contributed by atoms with van der Waals surface area (Å²) in [5.41, 5.74) is 3.36. The van der Waals surface area contributed by atoms with E-state index in [1.54, 1.807) is 18.2 Å². The number of hydrogen-bond acceptors (Lipinski definition) is 3. The van der Waals surface area contributed by atoms with Crippen molar-refractivity contribution >= 4 is 21.9 Å². The number of aryl methyl sites for hydroxylation is 1. The van der Waals surface area contributed by atoms with E-state index in [2.05, 4.69) is 6.07 Å². The number of nitrogens with zero attached hydrogens (tertiary/aromatic N) is 1. The molecule has 0 aliphatic heterocycles. The van der Waals surface area contributed by atoms with Crippen LogP contribution in [-0.2, 0) is 0 Å². The van der Waals surface area contributed by atoms with Gasteiger partial charge in [-0.2, -0.15) is 5.26 Å². The Bertz CT molecular complexity index is 1150. The first-order chi connectivity index (χ1) is 11.6. The predicted molar refractivity (Wildman–Crippen MR) is 90.2 cm³/mol. The molecule has 0 aliphatic carbocycles. The van der Waals surface area contributed by atoms with Crippen LogP contribution in [0.5, 0.6) is 5.75 Å². The molecule has 0 aliphatic rings.